The second-order valence-corrected chi connectivity index (χ2v) is 18.7. The second-order valence-electron chi connectivity index (χ2n) is 12.3. The fourth-order valence-electron chi connectivity index (χ4n) is 5.10. The van der Waals surface area contributed by atoms with E-state index >= 15 is 0 Å². The van der Waals surface area contributed by atoms with Gasteiger partial charge in [-0.25, -0.2) is 26.8 Å². The molecule has 47 heavy (non-hydrogen) atoms. The number of anilines is 2. The van der Waals surface area contributed by atoms with Crippen molar-refractivity contribution in [2.45, 2.75) is 111 Å². The van der Waals surface area contributed by atoms with E-state index in [9.17, 15) is 52.8 Å². The van der Waals surface area contributed by atoms with Gasteiger partial charge in [-0.2, -0.15) is 26.3 Å². The standard InChI is InChI=1S/C15H19F3N2O3S.C13H17F3N2O3S2/c1-14(2,24(22,23)11-5-3-4-6-11)13(21)20-12-8-7-10(9-19-12)15(16,17)18;1-12(2,23(20,21)8-5-3-4-6-8)10(19)18-11-17-9(7-22-11)13(14,15)16/h7-9,11H,3-6H2,1-2H3,(H,19,20,21);7-8H,3-6H2,1-2H3,(H,17,18,19). The minimum absolute atomic E-state index is 0.123. The maximum Gasteiger partial charge on any atom is 0.434 e. The van der Waals surface area contributed by atoms with Crippen molar-refractivity contribution in [1.29, 1.82) is 0 Å². The monoisotopic (exact) mass is 734 g/mol. The van der Waals surface area contributed by atoms with Gasteiger partial charge in [0.1, 0.15) is 15.3 Å². The van der Waals surface area contributed by atoms with Crippen LogP contribution in [-0.2, 0) is 41.6 Å². The highest BCUT2D eigenvalue weighted by Gasteiger charge is 2.48. The molecule has 0 aromatic carbocycles. The molecule has 2 amide bonds. The number of thiazole rings is 1. The lowest BCUT2D eigenvalue weighted by molar-refractivity contribution is -0.140. The molecule has 2 fully saturated rings. The molecular weight excluding hydrogens is 699 g/mol. The smallest absolute Gasteiger partial charge is 0.309 e. The van der Waals surface area contributed by atoms with Gasteiger partial charge in [-0.3, -0.25) is 9.59 Å². The molecule has 0 atom stereocenters. The summed E-state index contributed by atoms with van der Waals surface area (Å²) >= 11 is 0.606. The number of pyridine rings is 1. The molecule has 0 bridgehead atoms. The van der Waals surface area contributed by atoms with Gasteiger partial charge in [0, 0.05) is 11.6 Å². The van der Waals surface area contributed by atoms with Gasteiger partial charge in [-0.15, -0.1) is 11.3 Å². The predicted octanol–water partition coefficient (Wildman–Crippen LogP) is 6.41. The number of carbonyl (C=O) groups is 2. The van der Waals surface area contributed by atoms with Gasteiger partial charge < -0.3 is 10.6 Å². The number of sulfone groups is 2. The van der Waals surface area contributed by atoms with Crippen molar-refractivity contribution in [2.24, 2.45) is 0 Å². The number of nitrogens with one attached hydrogen (secondary N) is 2. The lowest BCUT2D eigenvalue weighted by atomic mass is 10.2. The number of carbonyl (C=O) groups excluding carboxylic acids is 2. The molecular formula is C28H36F6N4O6S3. The maximum absolute atomic E-state index is 12.6. The predicted molar refractivity (Wildman–Crippen MR) is 164 cm³/mol. The zero-order valence-corrected chi connectivity index (χ0v) is 28.4. The number of hydrogen-bond acceptors (Lipinski definition) is 9. The summed E-state index contributed by atoms with van der Waals surface area (Å²) in [6, 6.07) is 1.78. The van der Waals surface area contributed by atoms with Gasteiger partial charge in [0.05, 0.1) is 16.1 Å². The van der Waals surface area contributed by atoms with Gasteiger partial charge in [0.25, 0.3) is 0 Å². The third-order valence-corrected chi connectivity index (χ3v) is 15.0. The fourth-order valence-corrected chi connectivity index (χ4v) is 10.0. The molecule has 4 rings (SSSR count). The molecule has 2 saturated carbocycles. The number of hydrogen-bond donors (Lipinski definition) is 2. The molecule has 2 aromatic rings. The number of aromatic nitrogens is 2. The van der Waals surface area contributed by atoms with Crippen LogP contribution in [-0.4, -0.2) is 58.6 Å². The molecule has 19 heteroatoms. The largest absolute Gasteiger partial charge is 0.434 e. The summed E-state index contributed by atoms with van der Waals surface area (Å²) in [6.45, 7) is 5.16. The van der Waals surface area contributed by atoms with Crippen LogP contribution >= 0.6 is 11.3 Å². The molecule has 0 spiro atoms. The number of alkyl halides is 6. The van der Waals surface area contributed by atoms with Crippen molar-refractivity contribution in [3.8, 4) is 0 Å². The number of amides is 2. The van der Waals surface area contributed by atoms with Crippen molar-refractivity contribution in [3.05, 3.63) is 35.0 Å². The molecule has 0 aliphatic heterocycles. The minimum atomic E-state index is -4.61. The van der Waals surface area contributed by atoms with Gasteiger partial charge >= 0.3 is 12.4 Å². The Kier molecular flexibility index (Phi) is 11.5. The van der Waals surface area contributed by atoms with Crippen LogP contribution in [0.4, 0.5) is 37.3 Å². The first-order chi connectivity index (χ1) is 21.4. The Morgan fingerprint density at radius 1 is 0.745 bits per heavy atom. The van der Waals surface area contributed by atoms with Gasteiger partial charge in [-0.1, -0.05) is 25.7 Å². The summed E-state index contributed by atoms with van der Waals surface area (Å²) in [5, 5.41) is 3.86. The highest BCUT2D eigenvalue weighted by atomic mass is 32.2. The van der Waals surface area contributed by atoms with E-state index in [1.54, 1.807) is 0 Å². The van der Waals surface area contributed by atoms with Gasteiger partial charge in [0.15, 0.2) is 30.5 Å². The Morgan fingerprint density at radius 2 is 1.19 bits per heavy atom. The molecule has 2 aliphatic rings. The average molecular weight is 735 g/mol. The van der Waals surface area contributed by atoms with Crippen LogP contribution in [0.2, 0.25) is 0 Å². The first kappa shape index (κ1) is 38.6. The Balaban J connectivity index is 0.000000256. The van der Waals surface area contributed by atoms with E-state index in [-0.39, 0.29) is 10.9 Å². The van der Waals surface area contributed by atoms with Crippen LogP contribution in [0.15, 0.2) is 23.7 Å². The van der Waals surface area contributed by atoms with E-state index < -0.39 is 75.1 Å². The summed E-state index contributed by atoms with van der Waals surface area (Å²) in [6.07, 6.45) is -3.27. The molecule has 10 nitrogen and oxygen atoms in total. The van der Waals surface area contributed by atoms with Crippen molar-refractivity contribution < 1.29 is 52.8 Å². The zero-order valence-electron chi connectivity index (χ0n) is 26.0. The van der Waals surface area contributed by atoms with E-state index in [0.717, 1.165) is 43.2 Å². The van der Waals surface area contributed by atoms with Crippen LogP contribution in [0.1, 0.15) is 90.3 Å². The first-order valence-electron chi connectivity index (χ1n) is 14.6. The van der Waals surface area contributed by atoms with E-state index in [2.05, 4.69) is 20.6 Å². The molecule has 264 valence electrons. The zero-order chi connectivity index (χ0) is 35.6. The number of halogens is 6. The van der Waals surface area contributed by atoms with Crippen LogP contribution in [0.5, 0.6) is 0 Å². The summed E-state index contributed by atoms with van der Waals surface area (Å²) in [5.41, 5.74) is -2.06. The maximum atomic E-state index is 12.6. The van der Waals surface area contributed by atoms with Crippen LogP contribution in [0.3, 0.4) is 0 Å². The van der Waals surface area contributed by atoms with Crippen molar-refractivity contribution in [1.82, 2.24) is 9.97 Å². The molecule has 0 saturated heterocycles. The second kappa shape index (κ2) is 14.0. The van der Waals surface area contributed by atoms with Crippen LogP contribution in [0.25, 0.3) is 0 Å². The highest BCUT2D eigenvalue weighted by Crippen LogP contribution is 2.36. The Morgan fingerprint density at radius 3 is 1.55 bits per heavy atom. The number of nitrogens with zero attached hydrogens (tertiary/aromatic N) is 2. The van der Waals surface area contributed by atoms with Crippen LogP contribution in [0, 0.1) is 0 Å². The molecule has 0 unspecified atom stereocenters. The fraction of sp³-hybridized carbons (Fsp3) is 0.643. The van der Waals surface area contributed by atoms with Crippen molar-refractivity contribution >= 4 is 53.8 Å². The van der Waals surface area contributed by atoms with Gasteiger partial charge in [-0.05, 0) is 65.5 Å². The lowest BCUT2D eigenvalue weighted by Crippen LogP contribution is -2.48. The van der Waals surface area contributed by atoms with E-state index in [0.29, 0.717) is 43.2 Å². The Bertz CT molecular complexity index is 1640. The van der Waals surface area contributed by atoms with E-state index in [1.807, 2.05) is 0 Å². The quantitative estimate of drug-likeness (QED) is 0.295. The summed E-state index contributed by atoms with van der Waals surface area (Å²) < 4.78 is 122. The topological polar surface area (TPSA) is 152 Å². The normalized spacial score (nSPS) is 17.2. The highest BCUT2D eigenvalue weighted by molar-refractivity contribution is 7.94. The van der Waals surface area contributed by atoms with E-state index in [1.165, 1.54) is 27.7 Å². The SMILES string of the molecule is CC(C)(C(=O)Nc1ccc(C(F)(F)F)cn1)S(=O)(=O)C1CCCC1.CC(C)(C(=O)Nc1nc(C(F)(F)F)cs1)S(=O)(=O)C1CCCC1. The third kappa shape index (κ3) is 8.63. The minimum Gasteiger partial charge on any atom is -0.309 e. The summed E-state index contributed by atoms with van der Waals surface area (Å²) in [5.74, 6) is -1.79. The van der Waals surface area contributed by atoms with Crippen LogP contribution < -0.4 is 10.6 Å². The third-order valence-electron chi connectivity index (χ3n) is 8.35. The molecule has 2 aromatic heterocycles. The lowest BCUT2D eigenvalue weighted by Gasteiger charge is -2.27. The molecule has 2 heterocycles. The number of rotatable bonds is 8. The molecule has 2 N–H and O–H groups in total. The molecule has 0 radical (unpaired) electrons. The summed E-state index contributed by atoms with van der Waals surface area (Å²) in [4.78, 5) is 31.5. The van der Waals surface area contributed by atoms with E-state index in [4.69, 9.17) is 0 Å². The summed E-state index contributed by atoms with van der Waals surface area (Å²) in [7, 11) is -7.45. The van der Waals surface area contributed by atoms with Gasteiger partial charge in [0.2, 0.25) is 11.8 Å². The average Bonchev–Trinajstić information content (AvgIpc) is 3.76. The molecule has 2 aliphatic carbocycles. The first-order valence-corrected chi connectivity index (χ1v) is 18.6. The van der Waals surface area contributed by atoms with Crippen molar-refractivity contribution in [3.63, 3.8) is 0 Å². The Labute approximate surface area is 273 Å². The van der Waals surface area contributed by atoms with Crippen molar-refractivity contribution in [2.75, 3.05) is 10.6 Å². The Hall–Kier alpha value is -2.80.